The van der Waals surface area contributed by atoms with Crippen molar-refractivity contribution in [1.82, 2.24) is 14.2 Å². The first-order valence-electron chi connectivity index (χ1n) is 11.9. The second-order valence-electron chi connectivity index (χ2n) is 9.24. The molecule has 1 unspecified atom stereocenters. The van der Waals surface area contributed by atoms with Crippen LogP contribution in [0, 0.1) is 26.7 Å². The number of amides is 1. The van der Waals surface area contributed by atoms with Gasteiger partial charge in [0.25, 0.3) is 5.91 Å². The average Bonchev–Trinajstić information content (AvgIpc) is 3.16. The highest BCUT2D eigenvalue weighted by molar-refractivity contribution is 7.89. The van der Waals surface area contributed by atoms with Gasteiger partial charge in [-0.3, -0.25) is 4.79 Å². The summed E-state index contributed by atoms with van der Waals surface area (Å²) in [5.41, 5.74) is 4.54. The Labute approximate surface area is 207 Å². The molecule has 0 radical (unpaired) electrons. The van der Waals surface area contributed by atoms with Gasteiger partial charge in [0.05, 0.1) is 17.6 Å². The number of rotatable bonds is 7. The van der Waals surface area contributed by atoms with E-state index in [1.165, 1.54) is 0 Å². The van der Waals surface area contributed by atoms with Crippen LogP contribution in [0.15, 0.2) is 59.5 Å². The van der Waals surface area contributed by atoms with Crippen molar-refractivity contribution in [2.75, 3.05) is 26.7 Å². The van der Waals surface area contributed by atoms with Crippen LogP contribution in [-0.2, 0) is 10.0 Å². The number of likely N-dealkylation sites (tertiary alicyclic amines) is 1. The molecule has 2 heterocycles. The van der Waals surface area contributed by atoms with Gasteiger partial charge in [0.2, 0.25) is 10.0 Å². The molecule has 1 N–H and O–H groups in total. The molecule has 1 aromatic heterocycles. The maximum absolute atomic E-state index is 13.5. The molecule has 1 saturated heterocycles. The smallest absolute Gasteiger partial charge is 0.255 e. The first kappa shape index (κ1) is 25.0. The van der Waals surface area contributed by atoms with E-state index in [0.29, 0.717) is 25.2 Å². The highest BCUT2D eigenvalue weighted by atomic mass is 32.2. The largest absolute Gasteiger partial charge is 0.497 e. The normalized spacial score (nSPS) is 16.3. The molecule has 1 atom stereocenters. The monoisotopic (exact) mass is 495 g/mol. The highest BCUT2D eigenvalue weighted by Gasteiger charge is 2.28. The molecular formula is C27H33N3O4S. The van der Waals surface area contributed by atoms with Gasteiger partial charge in [-0.15, -0.1) is 0 Å². The molecule has 7 nitrogen and oxygen atoms in total. The van der Waals surface area contributed by atoms with E-state index in [1.807, 2.05) is 56.0 Å². The summed E-state index contributed by atoms with van der Waals surface area (Å²) in [7, 11) is -1.94. The predicted octanol–water partition coefficient (Wildman–Crippen LogP) is 4.24. The summed E-state index contributed by atoms with van der Waals surface area (Å²) in [4.78, 5) is 15.6. The summed E-state index contributed by atoms with van der Waals surface area (Å²) in [6.45, 7) is 7.39. The number of ether oxygens (including phenoxy) is 1. The molecule has 4 rings (SSSR count). The molecule has 0 aliphatic carbocycles. The fraction of sp³-hybridized carbons (Fsp3) is 0.370. The van der Waals surface area contributed by atoms with Crippen LogP contribution in [-0.4, -0.2) is 50.5 Å². The van der Waals surface area contributed by atoms with Crippen molar-refractivity contribution in [3.05, 3.63) is 77.1 Å². The molecule has 0 saturated carbocycles. The zero-order chi connectivity index (χ0) is 25.2. The van der Waals surface area contributed by atoms with Gasteiger partial charge in [0.1, 0.15) is 5.75 Å². The van der Waals surface area contributed by atoms with Crippen LogP contribution in [0.1, 0.15) is 40.2 Å². The first-order chi connectivity index (χ1) is 16.7. The van der Waals surface area contributed by atoms with Crippen molar-refractivity contribution < 1.29 is 17.9 Å². The Morgan fingerprint density at radius 1 is 1.06 bits per heavy atom. The number of carbonyl (C=O) groups is 1. The second-order valence-corrected chi connectivity index (χ2v) is 11.0. The highest BCUT2D eigenvalue weighted by Crippen LogP contribution is 2.26. The minimum absolute atomic E-state index is 0.0102. The lowest BCUT2D eigenvalue weighted by atomic mass is 9.97. The second kappa shape index (κ2) is 10.3. The molecule has 0 bridgehead atoms. The van der Waals surface area contributed by atoms with E-state index in [1.54, 1.807) is 31.4 Å². The SMILES string of the molecule is COc1ccc(-n2c(C)cc(C(=O)N3CCCC(CNS(=O)(=O)c4ccc(C)cc4)C3)c2C)cc1. The minimum Gasteiger partial charge on any atom is -0.497 e. The lowest BCUT2D eigenvalue weighted by molar-refractivity contribution is 0.0675. The van der Waals surface area contributed by atoms with Crippen molar-refractivity contribution in [3.8, 4) is 11.4 Å². The Balaban J connectivity index is 1.45. The molecule has 3 aromatic rings. The molecule has 1 aliphatic rings. The van der Waals surface area contributed by atoms with Crippen LogP contribution < -0.4 is 9.46 Å². The van der Waals surface area contributed by atoms with Crippen LogP contribution in [0.5, 0.6) is 5.75 Å². The van der Waals surface area contributed by atoms with E-state index >= 15 is 0 Å². The average molecular weight is 496 g/mol. The summed E-state index contributed by atoms with van der Waals surface area (Å²) < 4.78 is 35.4. The van der Waals surface area contributed by atoms with Crippen molar-refractivity contribution >= 4 is 15.9 Å². The van der Waals surface area contributed by atoms with Gasteiger partial charge >= 0.3 is 0 Å². The summed E-state index contributed by atoms with van der Waals surface area (Å²) >= 11 is 0. The van der Waals surface area contributed by atoms with E-state index in [2.05, 4.69) is 9.29 Å². The Bertz CT molecular complexity index is 1300. The van der Waals surface area contributed by atoms with Gasteiger partial charge in [-0.05, 0) is 82.0 Å². The molecular weight excluding hydrogens is 462 g/mol. The number of methoxy groups -OCH3 is 1. The Kier molecular flexibility index (Phi) is 7.33. The number of nitrogens with one attached hydrogen (secondary N) is 1. The lowest BCUT2D eigenvalue weighted by Gasteiger charge is -2.33. The standard InChI is InChI=1S/C27H33N3O4S/c1-19-7-13-25(14-8-19)35(32,33)28-17-22-6-5-15-29(18-22)27(31)26-16-20(2)30(21(26)3)23-9-11-24(34-4)12-10-23/h7-14,16,22,28H,5-6,15,17-18H2,1-4H3. The maximum atomic E-state index is 13.5. The maximum Gasteiger partial charge on any atom is 0.255 e. The summed E-state index contributed by atoms with van der Waals surface area (Å²) in [5, 5.41) is 0. The summed E-state index contributed by atoms with van der Waals surface area (Å²) in [6.07, 6.45) is 1.73. The van der Waals surface area contributed by atoms with E-state index in [9.17, 15) is 13.2 Å². The van der Waals surface area contributed by atoms with Crippen molar-refractivity contribution in [3.63, 3.8) is 0 Å². The van der Waals surface area contributed by atoms with Gasteiger partial charge in [0, 0.05) is 36.7 Å². The van der Waals surface area contributed by atoms with Crippen LogP contribution in [0.3, 0.4) is 0 Å². The number of nitrogens with zero attached hydrogens (tertiary/aromatic N) is 2. The summed E-state index contributed by atoms with van der Waals surface area (Å²) in [6, 6.07) is 16.5. The van der Waals surface area contributed by atoms with Crippen molar-refractivity contribution in [1.29, 1.82) is 0 Å². The number of hydrogen-bond donors (Lipinski definition) is 1. The third-order valence-electron chi connectivity index (χ3n) is 6.69. The fourth-order valence-electron chi connectivity index (χ4n) is 4.72. The van der Waals surface area contributed by atoms with E-state index in [4.69, 9.17) is 4.74 Å². The van der Waals surface area contributed by atoms with Crippen LogP contribution in [0.4, 0.5) is 0 Å². The number of aromatic nitrogens is 1. The van der Waals surface area contributed by atoms with Crippen LogP contribution >= 0.6 is 0 Å². The number of carbonyl (C=O) groups excluding carboxylic acids is 1. The van der Waals surface area contributed by atoms with E-state index in [0.717, 1.165) is 41.2 Å². The van der Waals surface area contributed by atoms with E-state index in [-0.39, 0.29) is 16.7 Å². The van der Waals surface area contributed by atoms with Crippen LogP contribution in [0.2, 0.25) is 0 Å². The van der Waals surface area contributed by atoms with Gasteiger partial charge in [-0.25, -0.2) is 13.1 Å². The molecule has 2 aromatic carbocycles. The number of piperidine rings is 1. The Morgan fingerprint density at radius 3 is 2.40 bits per heavy atom. The van der Waals surface area contributed by atoms with Gasteiger partial charge < -0.3 is 14.2 Å². The fourth-order valence-corrected chi connectivity index (χ4v) is 5.84. The number of sulfonamides is 1. The first-order valence-corrected chi connectivity index (χ1v) is 13.4. The third-order valence-corrected chi connectivity index (χ3v) is 8.13. The zero-order valence-electron chi connectivity index (χ0n) is 20.7. The molecule has 8 heteroatoms. The Hall–Kier alpha value is -3.10. The van der Waals surface area contributed by atoms with Gasteiger partial charge in [0.15, 0.2) is 0 Å². The van der Waals surface area contributed by atoms with E-state index < -0.39 is 10.0 Å². The molecule has 35 heavy (non-hydrogen) atoms. The molecule has 0 spiro atoms. The molecule has 1 fully saturated rings. The molecule has 1 aliphatic heterocycles. The zero-order valence-corrected chi connectivity index (χ0v) is 21.6. The molecule has 1 amide bonds. The Morgan fingerprint density at radius 2 is 1.74 bits per heavy atom. The quantitative estimate of drug-likeness (QED) is 0.532. The van der Waals surface area contributed by atoms with Gasteiger partial charge in [-0.1, -0.05) is 17.7 Å². The number of benzene rings is 2. The third kappa shape index (κ3) is 5.44. The minimum atomic E-state index is -3.58. The van der Waals surface area contributed by atoms with Crippen molar-refractivity contribution in [2.45, 2.75) is 38.5 Å². The van der Waals surface area contributed by atoms with Gasteiger partial charge in [-0.2, -0.15) is 0 Å². The number of hydrogen-bond acceptors (Lipinski definition) is 4. The number of aryl methyl sites for hydroxylation is 2. The lowest BCUT2D eigenvalue weighted by Crippen LogP contribution is -2.43. The predicted molar refractivity (Wildman–Crippen MR) is 137 cm³/mol. The summed E-state index contributed by atoms with van der Waals surface area (Å²) in [5.74, 6) is 0.840. The topological polar surface area (TPSA) is 80.6 Å². The van der Waals surface area contributed by atoms with Crippen molar-refractivity contribution in [2.24, 2.45) is 5.92 Å². The molecule has 186 valence electrons. The van der Waals surface area contributed by atoms with Crippen LogP contribution in [0.25, 0.3) is 5.69 Å².